The van der Waals surface area contributed by atoms with Crippen LogP contribution in [0.3, 0.4) is 0 Å². The number of carbonyl (C=O) groups is 2. The predicted molar refractivity (Wildman–Crippen MR) is 111 cm³/mol. The van der Waals surface area contributed by atoms with E-state index in [0.29, 0.717) is 16.8 Å². The highest BCUT2D eigenvalue weighted by molar-refractivity contribution is 7.89. The Morgan fingerprint density at radius 3 is 2.38 bits per heavy atom. The second kappa shape index (κ2) is 9.02. The summed E-state index contributed by atoms with van der Waals surface area (Å²) in [5.74, 6) is -0.432. The smallest absolute Gasteiger partial charge is 0.255 e. The number of nitrogens with one attached hydrogen (secondary N) is 2. The summed E-state index contributed by atoms with van der Waals surface area (Å²) >= 11 is 0. The Hall–Kier alpha value is -2.97. The van der Waals surface area contributed by atoms with Crippen LogP contribution in [0.2, 0.25) is 0 Å². The van der Waals surface area contributed by atoms with Crippen molar-refractivity contribution in [3.63, 3.8) is 0 Å². The number of carbonyl (C=O) groups excluding carboxylic acids is 2. The highest BCUT2D eigenvalue weighted by Gasteiger charge is 2.20. The van der Waals surface area contributed by atoms with Crippen molar-refractivity contribution in [1.82, 2.24) is 9.62 Å². The second-order valence-corrected chi connectivity index (χ2v) is 8.47. The molecule has 0 bridgehead atoms. The number of hydrogen-bond donors (Lipinski definition) is 2. The number of hydrogen-bond acceptors (Lipinski definition) is 4. The standard InChI is InChI=1S/C21H23N3O4S/c1-2-12-22-29(27,28)19-10-8-16(9-11-19)20(25)23-18-7-5-6-17(15-18)21(26)24-13-3-4-14-24/h2,5-11,15,22H,1,3-4,12-14H2,(H,23,25). The third kappa shape index (κ3) is 5.10. The average Bonchev–Trinajstić information content (AvgIpc) is 3.27. The quantitative estimate of drug-likeness (QED) is 0.682. The van der Waals surface area contributed by atoms with E-state index >= 15 is 0 Å². The number of nitrogens with zero attached hydrogens (tertiary/aromatic N) is 1. The summed E-state index contributed by atoms with van der Waals surface area (Å²) < 4.78 is 26.5. The van der Waals surface area contributed by atoms with Gasteiger partial charge in [-0.25, -0.2) is 13.1 Å². The molecule has 0 spiro atoms. The molecule has 1 fully saturated rings. The monoisotopic (exact) mass is 413 g/mol. The summed E-state index contributed by atoms with van der Waals surface area (Å²) in [5.41, 5.74) is 1.34. The van der Waals surface area contributed by atoms with E-state index in [1.807, 2.05) is 0 Å². The normalized spacial score (nSPS) is 13.9. The highest BCUT2D eigenvalue weighted by Crippen LogP contribution is 2.18. The lowest BCUT2D eigenvalue weighted by atomic mass is 10.1. The van der Waals surface area contributed by atoms with Gasteiger partial charge in [0.1, 0.15) is 0 Å². The minimum atomic E-state index is -3.64. The van der Waals surface area contributed by atoms with Crippen LogP contribution in [0.25, 0.3) is 0 Å². The van der Waals surface area contributed by atoms with Crippen LogP contribution in [-0.2, 0) is 10.0 Å². The summed E-state index contributed by atoms with van der Waals surface area (Å²) in [5, 5.41) is 2.75. The highest BCUT2D eigenvalue weighted by atomic mass is 32.2. The van der Waals surface area contributed by atoms with Gasteiger partial charge in [-0.3, -0.25) is 9.59 Å². The third-order valence-electron chi connectivity index (χ3n) is 4.61. The lowest BCUT2D eigenvalue weighted by Crippen LogP contribution is -2.27. The fourth-order valence-corrected chi connectivity index (χ4v) is 4.07. The lowest BCUT2D eigenvalue weighted by molar-refractivity contribution is 0.0792. The first-order valence-electron chi connectivity index (χ1n) is 9.32. The molecule has 2 aromatic carbocycles. The SMILES string of the molecule is C=CCNS(=O)(=O)c1ccc(C(=O)Nc2cccc(C(=O)N3CCCC3)c2)cc1. The molecule has 8 heteroatoms. The Kier molecular flexibility index (Phi) is 6.46. The number of anilines is 1. The van der Waals surface area contributed by atoms with Crippen molar-refractivity contribution in [2.75, 3.05) is 25.0 Å². The summed E-state index contributed by atoms with van der Waals surface area (Å²) in [4.78, 5) is 26.9. The average molecular weight is 413 g/mol. The summed E-state index contributed by atoms with van der Waals surface area (Å²) in [6, 6.07) is 12.4. The Morgan fingerprint density at radius 2 is 1.72 bits per heavy atom. The molecule has 1 heterocycles. The van der Waals surface area contributed by atoms with Crippen molar-refractivity contribution >= 4 is 27.5 Å². The van der Waals surface area contributed by atoms with E-state index in [1.54, 1.807) is 29.2 Å². The molecule has 0 aromatic heterocycles. The Labute approximate surface area is 170 Å². The van der Waals surface area contributed by atoms with Crippen molar-refractivity contribution in [2.45, 2.75) is 17.7 Å². The molecule has 2 aromatic rings. The molecule has 0 unspecified atom stereocenters. The first-order valence-corrected chi connectivity index (χ1v) is 10.8. The molecule has 152 valence electrons. The fraction of sp³-hybridized carbons (Fsp3) is 0.238. The van der Waals surface area contributed by atoms with Crippen LogP contribution < -0.4 is 10.0 Å². The molecule has 1 aliphatic heterocycles. The largest absolute Gasteiger partial charge is 0.339 e. The number of likely N-dealkylation sites (tertiary alicyclic amines) is 1. The van der Waals surface area contributed by atoms with Gasteiger partial charge in [-0.05, 0) is 55.3 Å². The lowest BCUT2D eigenvalue weighted by Gasteiger charge is -2.15. The summed E-state index contributed by atoms with van der Waals surface area (Å²) in [7, 11) is -3.64. The summed E-state index contributed by atoms with van der Waals surface area (Å²) in [6.07, 6.45) is 3.47. The zero-order chi connectivity index (χ0) is 20.9. The van der Waals surface area contributed by atoms with Gasteiger partial charge < -0.3 is 10.2 Å². The van der Waals surface area contributed by atoms with Crippen molar-refractivity contribution in [3.8, 4) is 0 Å². The van der Waals surface area contributed by atoms with Crippen LogP contribution in [0.4, 0.5) is 5.69 Å². The van der Waals surface area contributed by atoms with Gasteiger partial charge in [-0.15, -0.1) is 6.58 Å². The Morgan fingerprint density at radius 1 is 1.03 bits per heavy atom. The van der Waals surface area contributed by atoms with Crippen molar-refractivity contribution < 1.29 is 18.0 Å². The van der Waals surface area contributed by atoms with Crippen LogP contribution >= 0.6 is 0 Å². The molecule has 1 saturated heterocycles. The zero-order valence-corrected chi connectivity index (χ0v) is 16.7. The van der Waals surface area contributed by atoms with E-state index in [9.17, 15) is 18.0 Å². The maximum atomic E-state index is 12.5. The van der Waals surface area contributed by atoms with Gasteiger partial charge in [0.25, 0.3) is 11.8 Å². The van der Waals surface area contributed by atoms with E-state index < -0.39 is 15.9 Å². The molecule has 7 nitrogen and oxygen atoms in total. The van der Waals surface area contributed by atoms with Gasteiger partial charge in [0.05, 0.1) is 4.90 Å². The van der Waals surface area contributed by atoms with E-state index in [-0.39, 0.29) is 17.3 Å². The molecule has 0 atom stereocenters. The molecular weight excluding hydrogens is 390 g/mol. The Bertz CT molecular complexity index is 1010. The minimum Gasteiger partial charge on any atom is -0.339 e. The van der Waals surface area contributed by atoms with Gasteiger partial charge in [0, 0.05) is 36.4 Å². The van der Waals surface area contributed by atoms with Gasteiger partial charge in [-0.1, -0.05) is 12.1 Å². The van der Waals surface area contributed by atoms with Crippen molar-refractivity contribution in [3.05, 3.63) is 72.3 Å². The van der Waals surface area contributed by atoms with Gasteiger partial charge in [0.2, 0.25) is 10.0 Å². The molecule has 0 aliphatic carbocycles. The molecule has 0 saturated carbocycles. The molecule has 29 heavy (non-hydrogen) atoms. The number of rotatable bonds is 7. The van der Waals surface area contributed by atoms with E-state index in [4.69, 9.17) is 0 Å². The summed E-state index contributed by atoms with van der Waals surface area (Å²) in [6.45, 7) is 5.10. The van der Waals surface area contributed by atoms with Crippen LogP contribution in [0.5, 0.6) is 0 Å². The molecule has 1 aliphatic rings. The molecular formula is C21H23N3O4S. The molecule has 2 N–H and O–H groups in total. The predicted octanol–water partition coefficient (Wildman–Crippen LogP) is 2.64. The third-order valence-corrected chi connectivity index (χ3v) is 6.04. The molecule has 3 rings (SSSR count). The number of amides is 2. The van der Waals surface area contributed by atoms with Crippen LogP contribution in [0.15, 0.2) is 66.1 Å². The van der Waals surface area contributed by atoms with E-state index in [0.717, 1.165) is 25.9 Å². The molecule has 2 amide bonds. The number of benzene rings is 2. The second-order valence-electron chi connectivity index (χ2n) is 6.70. The Balaban J connectivity index is 1.69. The van der Waals surface area contributed by atoms with Crippen LogP contribution in [0, 0.1) is 0 Å². The van der Waals surface area contributed by atoms with Crippen LogP contribution in [0.1, 0.15) is 33.6 Å². The number of sulfonamides is 1. The van der Waals surface area contributed by atoms with Crippen molar-refractivity contribution in [2.24, 2.45) is 0 Å². The maximum absolute atomic E-state index is 12.5. The first kappa shape index (κ1) is 20.8. The van der Waals surface area contributed by atoms with Gasteiger partial charge in [0.15, 0.2) is 0 Å². The topological polar surface area (TPSA) is 95.6 Å². The fourth-order valence-electron chi connectivity index (χ4n) is 3.07. The maximum Gasteiger partial charge on any atom is 0.255 e. The zero-order valence-electron chi connectivity index (χ0n) is 15.9. The first-order chi connectivity index (χ1) is 13.9. The minimum absolute atomic E-state index is 0.0415. The van der Waals surface area contributed by atoms with E-state index in [1.165, 1.54) is 30.3 Å². The van der Waals surface area contributed by atoms with Gasteiger partial charge in [-0.2, -0.15) is 0 Å². The van der Waals surface area contributed by atoms with E-state index in [2.05, 4.69) is 16.6 Å². The molecule has 0 radical (unpaired) electrons. The van der Waals surface area contributed by atoms with Crippen molar-refractivity contribution in [1.29, 1.82) is 0 Å². The van der Waals surface area contributed by atoms with Gasteiger partial charge >= 0.3 is 0 Å². The van der Waals surface area contributed by atoms with Crippen LogP contribution in [-0.4, -0.2) is 44.8 Å².